The van der Waals surface area contributed by atoms with Crippen molar-refractivity contribution in [3.63, 3.8) is 0 Å². The third-order valence-electron chi connectivity index (χ3n) is 3.37. The summed E-state index contributed by atoms with van der Waals surface area (Å²) in [6.45, 7) is 2.02. The van der Waals surface area contributed by atoms with Crippen molar-refractivity contribution < 1.29 is 23.1 Å². The Morgan fingerprint density at radius 1 is 1.42 bits per heavy atom. The molecule has 104 valence electrons. The fourth-order valence-electron chi connectivity index (χ4n) is 2.41. The number of carboxylic acids is 1. The lowest BCUT2D eigenvalue weighted by Crippen LogP contribution is -2.18. The summed E-state index contributed by atoms with van der Waals surface area (Å²) in [5.74, 6) is -1.25. The Kier molecular flexibility index (Phi) is 3.47. The summed E-state index contributed by atoms with van der Waals surface area (Å²) < 4.78 is 38.4. The number of halogens is 3. The second-order valence-electron chi connectivity index (χ2n) is 4.91. The van der Waals surface area contributed by atoms with Gasteiger partial charge in [0.05, 0.1) is 0 Å². The number of alkyl halides is 3. The Labute approximate surface area is 107 Å². The van der Waals surface area contributed by atoms with Crippen LogP contribution in [0.15, 0.2) is 6.20 Å². The molecule has 0 aliphatic heterocycles. The predicted octanol–water partition coefficient (Wildman–Crippen LogP) is 3.10. The standard InChI is InChI=1S/C12H13F3N2O2/c1-6-2-3-7(4-6)10-16-5-8(11(18)19)9(17-10)12(13,14)15/h5-7H,2-4H2,1H3,(H,18,19). The SMILES string of the molecule is CC1CCC(c2ncc(C(=O)O)c(C(F)(F)F)n2)C1. The summed E-state index contributed by atoms with van der Waals surface area (Å²) in [7, 11) is 0. The van der Waals surface area contributed by atoms with Crippen LogP contribution in [0.5, 0.6) is 0 Å². The van der Waals surface area contributed by atoms with Crippen LogP contribution in [0.4, 0.5) is 13.2 Å². The van der Waals surface area contributed by atoms with Crippen LogP contribution in [0.2, 0.25) is 0 Å². The average molecular weight is 274 g/mol. The zero-order chi connectivity index (χ0) is 14.2. The first-order valence-corrected chi connectivity index (χ1v) is 5.96. The van der Waals surface area contributed by atoms with Crippen molar-refractivity contribution in [2.45, 2.75) is 38.3 Å². The van der Waals surface area contributed by atoms with Crippen molar-refractivity contribution in [2.75, 3.05) is 0 Å². The highest BCUT2D eigenvalue weighted by molar-refractivity contribution is 5.88. The van der Waals surface area contributed by atoms with Crippen LogP contribution in [0.25, 0.3) is 0 Å². The molecule has 2 rings (SSSR count). The second-order valence-corrected chi connectivity index (χ2v) is 4.91. The van der Waals surface area contributed by atoms with E-state index in [9.17, 15) is 18.0 Å². The molecule has 1 N–H and O–H groups in total. The summed E-state index contributed by atoms with van der Waals surface area (Å²) >= 11 is 0. The van der Waals surface area contributed by atoms with Crippen molar-refractivity contribution in [3.8, 4) is 0 Å². The van der Waals surface area contributed by atoms with Gasteiger partial charge in [0.15, 0.2) is 5.69 Å². The summed E-state index contributed by atoms with van der Waals surface area (Å²) in [5, 5.41) is 8.75. The minimum Gasteiger partial charge on any atom is -0.478 e. The van der Waals surface area contributed by atoms with Gasteiger partial charge in [0.1, 0.15) is 11.4 Å². The summed E-state index contributed by atoms with van der Waals surface area (Å²) in [6, 6.07) is 0. The van der Waals surface area contributed by atoms with E-state index in [1.807, 2.05) is 6.92 Å². The van der Waals surface area contributed by atoms with Crippen molar-refractivity contribution in [1.82, 2.24) is 9.97 Å². The largest absolute Gasteiger partial charge is 0.478 e. The van der Waals surface area contributed by atoms with Gasteiger partial charge in [0, 0.05) is 12.1 Å². The summed E-state index contributed by atoms with van der Waals surface area (Å²) in [6.07, 6.45) is -1.61. The van der Waals surface area contributed by atoms with E-state index in [0.717, 1.165) is 25.5 Å². The quantitative estimate of drug-likeness (QED) is 0.900. The van der Waals surface area contributed by atoms with Gasteiger partial charge in [0.2, 0.25) is 0 Å². The Bertz CT molecular complexity index is 502. The molecule has 0 bridgehead atoms. The lowest BCUT2D eigenvalue weighted by molar-refractivity contribution is -0.141. The lowest BCUT2D eigenvalue weighted by atomic mass is 10.0. The zero-order valence-electron chi connectivity index (χ0n) is 10.2. The van der Waals surface area contributed by atoms with Gasteiger partial charge >= 0.3 is 12.1 Å². The second kappa shape index (κ2) is 4.79. The van der Waals surface area contributed by atoms with Crippen LogP contribution in [0.3, 0.4) is 0 Å². The molecular weight excluding hydrogens is 261 g/mol. The molecule has 2 unspecified atom stereocenters. The molecule has 2 atom stereocenters. The maximum absolute atomic E-state index is 12.8. The molecule has 1 aliphatic carbocycles. The molecule has 0 saturated heterocycles. The molecular formula is C12H13F3N2O2. The van der Waals surface area contributed by atoms with Crippen molar-refractivity contribution >= 4 is 5.97 Å². The van der Waals surface area contributed by atoms with Crippen LogP contribution in [0.1, 0.15) is 54.0 Å². The molecule has 0 spiro atoms. The maximum Gasteiger partial charge on any atom is 0.434 e. The molecule has 1 fully saturated rings. The summed E-state index contributed by atoms with van der Waals surface area (Å²) in [5.41, 5.74) is -2.26. The zero-order valence-corrected chi connectivity index (χ0v) is 10.2. The molecule has 1 saturated carbocycles. The Morgan fingerprint density at radius 3 is 2.58 bits per heavy atom. The van der Waals surface area contributed by atoms with Crippen molar-refractivity contribution in [1.29, 1.82) is 0 Å². The first-order valence-electron chi connectivity index (χ1n) is 5.96. The molecule has 0 amide bonds. The van der Waals surface area contributed by atoms with Crippen molar-refractivity contribution in [3.05, 3.63) is 23.3 Å². The van der Waals surface area contributed by atoms with E-state index in [4.69, 9.17) is 5.11 Å². The molecule has 0 aromatic carbocycles. The smallest absolute Gasteiger partial charge is 0.434 e. The van der Waals surface area contributed by atoms with Crippen LogP contribution < -0.4 is 0 Å². The van der Waals surface area contributed by atoms with E-state index in [1.165, 1.54) is 0 Å². The van der Waals surface area contributed by atoms with E-state index in [2.05, 4.69) is 9.97 Å². The first-order chi connectivity index (χ1) is 8.79. The van der Waals surface area contributed by atoms with E-state index in [1.54, 1.807) is 0 Å². The molecule has 1 heterocycles. The van der Waals surface area contributed by atoms with E-state index in [0.29, 0.717) is 5.92 Å². The Morgan fingerprint density at radius 2 is 2.11 bits per heavy atom. The molecule has 0 radical (unpaired) electrons. The third kappa shape index (κ3) is 2.85. The van der Waals surface area contributed by atoms with Crippen LogP contribution in [0, 0.1) is 5.92 Å². The summed E-state index contributed by atoms with van der Waals surface area (Å²) in [4.78, 5) is 18.0. The van der Waals surface area contributed by atoms with Crippen LogP contribution in [-0.4, -0.2) is 21.0 Å². The Balaban J connectivity index is 2.41. The fourth-order valence-corrected chi connectivity index (χ4v) is 2.41. The monoisotopic (exact) mass is 274 g/mol. The van der Waals surface area contributed by atoms with Crippen LogP contribution >= 0.6 is 0 Å². The first kappa shape index (κ1) is 13.8. The minimum atomic E-state index is -4.78. The normalized spacial score (nSPS) is 23.6. The number of hydrogen-bond acceptors (Lipinski definition) is 3. The molecule has 1 aromatic heterocycles. The Hall–Kier alpha value is -1.66. The third-order valence-corrected chi connectivity index (χ3v) is 3.37. The van der Waals surface area contributed by atoms with Gasteiger partial charge in [-0.05, 0) is 25.2 Å². The number of nitrogens with zero attached hydrogens (tertiary/aromatic N) is 2. The molecule has 4 nitrogen and oxygen atoms in total. The average Bonchev–Trinajstić information content (AvgIpc) is 2.74. The van der Waals surface area contributed by atoms with Gasteiger partial charge in [-0.2, -0.15) is 13.2 Å². The maximum atomic E-state index is 12.8. The lowest BCUT2D eigenvalue weighted by Gasteiger charge is -2.13. The molecule has 7 heteroatoms. The van der Waals surface area contributed by atoms with E-state index in [-0.39, 0.29) is 11.7 Å². The van der Waals surface area contributed by atoms with E-state index >= 15 is 0 Å². The highest BCUT2D eigenvalue weighted by atomic mass is 19.4. The predicted molar refractivity (Wildman–Crippen MR) is 59.7 cm³/mol. The number of rotatable bonds is 2. The van der Waals surface area contributed by atoms with Gasteiger partial charge in [-0.15, -0.1) is 0 Å². The van der Waals surface area contributed by atoms with Gasteiger partial charge in [-0.1, -0.05) is 6.92 Å². The topological polar surface area (TPSA) is 63.1 Å². The van der Waals surface area contributed by atoms with Gasteiger partial charge < -0.3 is 5.11 Å². The van der Waals surface area contributed by atoms with Gasteiger partial charge in [-0.3, -0.25) is 0 Å². The molecule has 1 aliphatic rings. The van der Waals surface area contributed by atoms with Gasteiger partial charge in [0.25, 0.3) is 0 Å². The van der Waals surface area contributed by atoms with E-state index < -0.39 is 23.4 Å². The van der Waals surface area contributed by atoms with Gasteiger partial charge in [-0.25, -0.2) is 14.8 Å². The number of carboxylic acid groups (broad SMARTS) is 1. The highest BCUT2D eigenvalue weighted by Gasteiger charge is 2.39. The number of carbonyl (C=O) groups is 1. The highest BCUT2D eigenvalue weighted by Crippen LogP contribution is 2.38. The number of hydrogen-bond donors (Lipinski definition) is 1. The minimum absolute atomic E-state index is 0.0988. The van der Waals surface area contributed by atoms with Crippen LogP contribution in [-0.2, 0) is 6.18 Å². The van der Waals surface area contributed by atoms with Crippen molar-refractivity contribution in [2.24, 2.45) is 5.92 Å². The number of aromatic nitrogens is 2. The number of aromatic carboxylic acids is 1. The molecule has 19 heavy (non-hydrogen) atoms. The fraction of sp³-hybridized carbons (Fsp3) is 0.583. The molecule has 1 aromatic rings.